The average Bonchev–Trinajstić information content (AvgIpc) is 2.79. The predicted octanol–water partition coefficient (Wildman–Crippen LogP) is 3.03. The molecule has 7 nitrogen and oxygen atoms in total. The molecule has 0 bridgehead atoms. The predicted molar refractivity (Wildman–Crippen MR) is 117 cm³/mol. The van der Waals surface area contributed by atoms with E-state index in [2.05, 4.69) is 27.1 Å². The summed E-state index contributed by atoms with van der Waals surface area (Å²) in [5.41, 5.74) is 3.19. The van der Waals surface area contributed by atoms with E-state index in [9.17, 15) is 9.59 Å². The fourth-order valence-electron chi connectivity index (χ4n) is 3.64. The number of esters is 1. The SMILES string of the molecule is COC(=O)c1ccc(NC(=O)c2ccc(N3CCN(C)CC3)cc2)c2ncccc12. The van der Waals surface area contributed by atoms with Crippen molar-refractivity contribution >= 4 is 34.2 Å². The van der Waals surface area contributed by atoms with Crippen LogP contribution in [0.2, 0.25) is 0 Å². The van der Waals surface area contributed by atoms with Crippen molar-refractivity contribution in [1.82, 2.24) is 9.88 Å². The second-order valence-corrected chi connectivity index (χ2v) is 7.34. The molecule has 0 aliphatic carbocycles. The van der Waals surface area contributed by atoms with Crippen LogP contribution in [0, 0.1) is 0 Å². The number of rotatable bonds is 4. The molecule has 1 aliphatic rings. The molecule has 1 saturated heterocycles. The van der Waals surface area contributed by atoms with E-state index >= 15 is 0 Å². The molecule has 3 aromatic rings. The van der Waals surface area contributed by atoms with Crippen molar-refractivity contribution in [1.29, 1.82) is 0 Å². The third-order valence-electron chi connectivity index (χ3n) is 5.42. The van der Waals surface area contributed by atoms with Crippen LogP contribution >= 0.6 is 0 Å². The van der Waals surface area contributed by atoms with Crippen molar-refractivity contribution in [2.24, 2.45) is 0 Å². The summed E-state index contributed by atoms with van der Waals surface area (Å²) in [5, 5.41) is 3.55. The second kappa shape index (κ2) is 8.51. The molecule has 0 atom stereocenters. The van der Waals surface area contributed by atoms with Crippen LogP contribution in [0.5, 0.6) is 0 Å². The average molecular weight is 404 g/mol. The molecule has 2 heterocycles. The fraction of sp³-hybridized carbons (Fsp3) is 0.261. The van der Waals surface area contributed by atoms with Crippen LogP contribution in [-0.2, 0) is 4.74 Å². The maximum absolute atomic E-state index is 12.8. The summed E-state index contributed by atoms with van der Waals surface area (Å²) in [5.74, 6) is -0.664. The molecule has 1 aromatic heterocycles. The van der Waals surface area contributed by atoms with Crippen LogP contribution in [0.3, 0.4) is 0 Å². The molecular formula is C23H24N4O3. The zero-order chi connectivity index (χ0) is 21.1. The van der Waals surface area contributed by atoms with Gasteiger partial charge in [-0.3, -0.25) is 9.78 Å². The van der Waals surface area contributed by atoms with Crippen molar-refractivity contribution in [3.63, 3.8) is 0 Å². The Morgan fingerprint density at radius 2 is 1.73 bits per heavy atom. The van der Waals surface area contributed by atoms with Crippen molar-refractivity contribution in [3.8, 4) is 0 Å². The van der Waals surface area contributed by atoms with Crippen molar-refractivity contribution in [2.45, 2.75) is 0 Å². The van der Waals surface area contributed by atoms with E-state index in [4.69, 9.17) is 4.74 Å². The van der Waals surface area contributed by atoms with Crippen LogP contribution in [0.15, 0.2) is 54.7 Å². The Bertz CT molecular complexity index is 1070. The van der Waals surface area contributed by atoms with Gasteiger partial charge in [0.2, 0.25) is 0 Å². The van der Waals surface area contributed by atoms with Crippen LogP contribution in [0.4, 0.5) is 11.4 Å². The summed E-state index contributed by atoms with van der Waals surface area (Å²) in [6, 6.07) is 14.5. The van der Waals surface area contributed by atoms with Crippen LogP contribution < -0.4 is 10.2 Å². The van der Waals surface area contributed by atoms with Crippen molar-refractivity contribution in [3.05, 3.63) is 65.9 Å². The first kappa shape index (κ1) is 19.8. The van der Waals surface area contributed by atoms with E-state index in [1.807, 2.05) is 24.3 Å². The van der Waals surface area contributed by atoms with Gasteiger partial charge in [0, 0.05) is 49.0 Å². The molecule has 30 heavy (non-hydrogen) atoms. The third-order valence-corrected chi connectivity index (χ3v) is 5.42. The number of hydrogen-bond donors (Lipinski definition) is 1. The van der Waals surface area contributed by atoms with E-state index in [0.29, 0.717) is 27.7 Å². The Morgan fingerprint density at radius 3 is 2.43 bits per heavy atom. The molecule has 0 radical (unpaired) electrons. The number of likely N-dealkylation sites (N-methyl/N-ethyl adjacent to an activating group) is 1. The van der Waals surface area contributed by atoms with Gasteiger partial charge in [0.1, 0.15) is 0 Å². The second-order valence-electron chi connectivity index (χ2n) is 7.34. The molecular weight excluding hydrogens is 380 g/mol. The molecule has 0 spiro atoms. The van der Waals surface area contributed by atoms with Gasteiger partial charge < -0.3 is 19.9 Å². The Morgan fingerprint density at radius 1 is 1.00 bits per heavy atom. The molecule has 1 fully saturated rings. The summed E-state index contributed by atoms with van der Waals surface area (Å²) in [4.78, 5) is 33.8. The normalized spacial score (nSPS) is 14.5. The lowest BCUT2D eigenvalue weighted by Crippen LogP contribution is -2.44. The highest BCUT2D eigenvalue weighted by Crippen LogP contribution is 2.26. The summed E-state index contributed by atoms with van der Waals surface area (Å²) < 4.78 is 4.84. The van der Waals surface area contributed by atoms with E-state index in [0.717, 1.165) is 31.9 Å². The number of methoxy groups -OCH3 is 1. The topological polar surface area (TPSA) is 74.8 Å². The Kier molecular flexibility index (Phi) is 5.63. The standard InChI is InChI=1S/C23H24N4O3/c1-26-12-14-27(15-13-26)17-7-5-16(6-8-17)22(28)25-20-10-9-19(23(29)30-2)18-4-3-11-24-21(18)20/h3-11H,12-15H2,1-2H3,(H,25,28). The number of nitrogens with zero attached hydrogens (tertiary/aromatic N) is 3. The highest BCUT2D eigenvalue weighted by Gasteiger charge is 2.17. The Balaban J connectivity index is 1.54. The summed E-state index contributed by atoms with van der Waals surface area (Å²) in [6.45, 7) is 4.02. The fourth-order valence-corrected chi connectivity index (χ4v) is 3.64. The van der Waals surface area contributed by atoms with Crippen LogP contribution in [0.1, 0.15) is 20.7 Å². The largest absolute Gasteiger partial charge is 0.465 e. The molecule has 0 unspecified atom stereocenters. The van der Waals surface area contributed by atoms with Gasteiger partial charge in [-0.15, -0.1) is 0 Å². The van der Waals surface area contributed by atoms with Gasteiger partial charge in [0.05, 0.1) is 23.9 Å². The van der Waals surface area contributed by atoms with E-state index < -0.39 is 5.97 Å². The molecule has 2 aromatic carbocycles. The van der Waals surface area contributed by atoms with Gasteiger partial charge >= 0.3 is 5.97 Å². The molecule has 1 aliphatic heterocycles. The number of carbonyl (C=O) groups excluding carboxylic acids is 2. The molecule has 1 N–H and O–H groups in total. The summed E-state index contributed by atoms with van der Waals surface area (Å²) in [7, 11) is 3.47. The summed E-state index contributed by atoms with van der Waals surface area (Å²) in [6.07, 6.45) is 1.63. The van der Waals surface area contributed by atoms with E-state index in [-0.39, 0.29) is 5.91 Å². The van der Waals surface area contributed by atoms with Crippen molar-refractivity contribution in [2.75, 3.05) is 50.6 Å². The molecule has 4 rings (SSSR count). The number of pyridine rings is 1. The lowest BCUT2D eigenvalue weighted by molar-refractivity contribution is 0.0603. The smallest absolute Gasteiger partial charge is 0.338 e. The van der Waals surface area contributed by atoms with Gasteiger partial charge in [0.15, 0.2) is 0 Å². The number of carbonyl (C=O) groups is 2. The van der Waals surface area contributed by atoms with Gasteiger partial charge in [0.25, 0.3) is 5.91 Å². The summed E-state index contributed by atoms with van der Waals surface area (Å²) >= 11 is 0. The van der Waals surface area contributed by atoms with E-state index in [1.165, 1.54) is 7.11 Å². The van der Waals surface area contributed by atoms with Gasteiger partial charge in [-0.25, -0.2) is 4.79 Å². The first-order valence-electron chi connectivity index (χ1n) is 9.88. The van der Waals surface area contributed by atoms with E-state index in [1.54, 1.807) is 30.5 Å². The first-order chi connectivity index (χ1) is 14.6. The van der Waals surface area contributed by atoms with Crippen LogP contribution in [-0.4, -0.2) is 62.1 Å². The zero-order valence-electron chi connectivity index (χ0n) is 17.1. The quantitative estimate of drug-likeness (QED) is 0.674. The number of amides is 1. The lowest BCUT2D eigenvalue weighted by Gasteiger charge is -2.34. The third kappa shape index (κ3) is 3.97. The first-order valence-corrected chi connectivity index (χ1v) is 9.88. The van der Waals surface area contributed by atoms with Crippen molar-refractivity contribution < 1.29 is 14.3 Å². The zero-order valence-corrected chi connectivity index (χ0v) is 17.1. The number of benzene rings is 2. The molecule has 1 amide bonds. The number of ether oxygens (including phenoxy) is 1. The van der Waals surface area contributed by atoms with Crippen LogP contribution in [0.25, 0.3) is 10.9 Å². The maximum atomic E-state index is 12.8. The lowest BCUT2D eigenvalue weighted by atomic mass is 10.1. The highest BCUT2D eigenvalue weighted by atomic mass is 16.5. The number of hydrogen-bond acceptors (Lipinski definition) is 6. The number of fused-ring (bicyclic) bond motifs is 1. The number of piperazine rings is 1. The molecule has 7 heteroatoms. The number of nitrogens with one attached hydrogen (secondary N) is 1. The highest BCUT2D eigenvalue weighted by molar-refractivity contribution is 6.12. The molecule has 0 saturated carbocycles. The number of aromatic nitrogens is 1. The maximum Gasteiger partial charge on any atom is 0.338 e. The monoisotopic (exact) mass is 404 g/mol. The van der Waals surface area contributed by atoms with Gasteiger partial charge in [-0.2, -0.15) is 0 Å². The molecule has 154 valence electrons. The minimum Gasteiger partial charge on any atom is -0.465 e. The Hall–Kier alpha value is -3.45. The minimum absolute atomic E-state index is 0.224. The number of anilines is 2. The van der Waals surface area contributed by atoms with Gasteiger partial charge in [-0.05, 0) is 49.5 Å². The van der Waals surface area contributed by atoms with Gasteiger partial charge in [-0.1, -0.05) is 6.07 Å². The Labute approximate surface area is 175 Å². The minimum atomic E-state index is -0.439.